The maximum absolute atomic E-state index is 5.09. The van der Waals surface area contributed by atoms with Gasteiger partial charge < -0.3 is 15.4 Å². The summed E-state index contributed by atoms with van der Waals surface area (Å²) in [6, 6.07) is 8.96. The van der Waals surface area contributed by atoms with Crippen LogP contribution in [0.3, 0.4) is 0 Å². The Morgan fingerprint density at radius 1 is 1.00 bits per heavy atom. The average Bonchev–Trinajstić information content (AvgIpc) is 2.70. The number of benzene rings is 1. The van der Waals surface area contributed by atoms with Crippen LogP contribution < -0.4 is 10.6 Å². The Morgan fingerprint density at radius 3 is 2.39 bits per heavy atom. The van der Waals surface area contributed by atoms with Gasteiger partial charge in [-0.15, -0.1) is 24.0 Å². The second-order valence-corrected chi connectivity index (χ2v) is 7.33. The second kappa shape index (κ2) is 16.0. The predicted molar refractivity (Wildman–Crippen MR) is 130 cm³/mol. The van der Waals surface area contributed by atoms with Gasteiger partial charge in [-0.2, -0.15) is 0 Å². The van der Waals surface area contributed by atoms with Crippen LogP contribution >= 0.6 is 24.0 Å². The molecule has 6 heteroatoms. The third-order valence-electron chi connectivity index (χ3n) is 4.96. The van der Waals surface area contributed by atoms with Gasteiger partial charge >= 0.3 is 0 Å². The molecule has 0 aliphatic carbocycles. The molecule has 160 valence electrons. The molecule has 1 heterocycles. The van der Waals surface area contributed by atoms with Crippen LogP contribution in [-0.4, -0.2) is 50.8 Å². The topological polar surface area (TPSA) is 48.9 Å². The third-order valence-corrected chi connectivity index (χ3v) is 4.96. The van der Waals surface area contributed by atoms with Crippen LogP contribution in [0.2, 0.25) is 0 Å². The summed E-state index contributed by atoms with van der Waals surface area (Å²) in [4.78, 5) is 7.29. The maximum Gasteiger partial charge on any atom is 0.191 e. The fourth-order valence-corrected chi connectivity index (χ4v) is 3.39. The number of ether oxygens (including phenoxy) is 1. The first-order chi connectivity index (χ1) is 13.3. The van der Waals surface area contributed by atoms with Gasteiger partial charge in [0.15, 0.2) is 5.96 Å². The molecule has 0 bridgehead atoms. The van der Waals surface area contributed by atoms with E-state index in [2.05, 4.69) is 46.7 Å². The number of nitrogens with zero attached hydrogens (tertiary/aromatic N) is 2. The Labute approximate surface area is 188 Å². The second-order valence-electron chi connectivity index (χ2n) is 7.33. The molecule has 0 unspecified atom stereocenters. The zero-order valence-corrected chi connectivity index (χ0v) is 20.0. The van der Waals surface area contributed by atoms with Crippen LogP contribution in [0.5, 0.6) is 0 Å². The van der Waals surface area contributed by atoms with Gasteiger partial charge in [0.25, 0.3) is 0 Å². The van der Waals surface area contributed by atoms with E-state index in [0.29, 0.717) is 6.54 Å². The molecule has 1 aromatic carbocycles. The largest absolute Gasteiger partial charge is 0.385 e. The first kappa shape index (κ1) is 25.2. The van der Waals surface area contributed by atoms with Crippen molar-refractivity contribution in [2.24, 2.45) is 4.99 Å². The summed E-state index contributed by atoms with van der Waals surface area (Å²) >= 11 is 0. The van der Waals surface area contributed by atoms with Gasteiger partial charge in [0, 0.05) is 33.4 Å². The number of piperidine rings is 1. The van der Waals surface area contributed by atoms with Crippen LogP contribution in [0.4, 0.5) is 0 Å². The molecule has 1 aromatic rings. The molecule has 0 spiro atoms. The highest BCUT2D eigenvalue weighted by Crippen LogP contribution is 2.14. The lowest BCUT2D eigenvalue weighted by molar-refractivity contribution is 0.192. The highest BCUT2D eigenvalue weighted by Gasteiger charge is 2.10. The quantitative estimate of drug-likeness (QED) is 0.207. The molecule has 28 heavy (non-hydrogen) atoms. The monoisotopic (exact) mass is 502 g/mol. The van der Waals surface area contributed by atoms with Gasteiger partial charge in [-0.25, -0.2) is 4.99 Å². The number of nitrogens with one attached hydrogen (secondary N) is 2. The highest BCUT2D eigenvalue weighted by molar-refractivity contribution is 14.0. The van der Waals surface area contributed by atoms with Crippen molar-refractivity contribution in [1.29, 1.82) is 0 Å². The fourth-order valence-electron chi connectivity index (χ4n) is 3.39. The SMILES string of the molecule is CCNC(=NCc1ccc(CN2CCCCC2)cc1)NCCCCCOC.I. The van der Waals surface area contributed by atoms with Gasteiger partial charge in [0.05, 0.1) is 6.54 Å². The molecule has 1 aliphatic rings. The Kier molecular flexibility index (Phi) is 14.4. The molecular weight excluding hydrogens is 463 g/mol. The molecule has 2 N–H and O–H groups in total. The molecule has 0 amide bonds. The van der Waals surface area contributed by atoms with E-state index in [1.165, 1.54) is 49.9 Å². The summed E-state index contributed by atoms with van der Waals surface area (Å²) in [5, 5.41) is 6.75. The summed E-state index contributed by atoms with van der Waals surface area (Å²) < 4.78 is 5.09. The van der Waals surface area contributed by atoms with Crippen molar-refractivity contribution >= 4 is 29.9 Å². The molecule has 5 nitrogen and oxygen atoms in total. The molecule has 0 aromatic heterocycles. The number of likely N-dealkylation sites (tertiary alicyclic amines) is 1. The van der Waals surface area contributed by atoms with Crippen molar-refractivity contribution < 1.29 is 4.74 Å². The van der Waals surface area contributed by atoms with Crippen LogP contribution in [0.1, 0.15) is 56.6 Å². The van der Waals surface area contributed by atoms with E-state index >= 15 is 0 Å². The summed E-state index contributed by atoms with van der Waals surface area (Å²) in [5.74, 6) is 0.904. The maximum atomic E-state index is 5.09. The van der Waals surface area contributed by atoms with Crippen molar-refractivity contribution in [2.45, 2.75) is 58.5 Å². The van der Waals surface area contributed by atoms with Crippen molar-refractivity contribution in [3.63, 3.8) is 0 Å². The first-order valence-electron chi connectivity index (χ1n) is 10.6. The zero-order chi connectivity index (χ0) is 19.2. The summed E-state index contributed by atoms with van der Waals surface area (Å²) in [6.07, 6.45) is 7.52. The van der Waals surface area contributed by atoms with Crippen molar-refractivity contribution in [3.05, 3.63) is 35.4 Å². The lowest BCUT2D eigenvalue weighted by atomic mass is 10.1. The molecule has 0 radical (unpaired) electrons. The number of methoxy groups -OCH3 is 1. The van der Waals surface area contributed by atoms with Crippen LogP contribution in [0, 0.1) is 0 Å². The third kappa shape index (κ3) is 10.6. The molecule has 0 atom stereocenters. The molecule has 1 saturated heterocycles. The number of halogens is 1. The van der Waals surface area contributed by atoms with Crippen molar-refractivity contribution in [3.8, 4) is 0 Å². The van der Waals surface area contributed by atoms with E-state index in [1.54, 1.807) is 7.11 Å². The minimum atomic E-state index is 0. The van der Waals surface area contributed by atoms with Gasteiger partial charge in [0.1, 0.15) is 0 Å². The lowest BCUT2D eigenvalue weighted by Gasteiger charge is -2.26. The number of aliphatic imine (C=N–C) groups is 1. The Hall–Kier alpha value is -0.860. The Morgan fingerprint density at radius 2 is 1.71 bits per heavy atom. The molecule has 1 fully saturated rings. The fraction of sp³-hybridized carbons (Fsp3) is 0.682. The number of hydrogen-bond donors (Lipinski definition) is 2. The van der Waals surface area contributed by atoms with Gasteiger partial charge in [-0.05, 0) is 63.2 Å². The van der Waals surface area contributed by atoms with E-state index in [9.17, 15) is 0 Å². The molecular formula is C22H39IN4O. The zero-order valence-electron chi connectivity index (χ0n) is 17.7. The smallest absolute Gasteiger partial charge is 0.191 e. The minimum absolute atomic E-state index is 0. The predicted octanol–water partition coefficient (Wildman–Crippen LogP) is 4.16. The number of guanidine groups is 1. The van der Waals surface area contributed by atoms with Crippen LogP contribution in [0.15, 0.2) is 29.3 Å². The average molecular weight is 502 g/mol. The minimum Gasteiger partial charge on any atom is -0.385 e. The summed E-state index contributed by atoms with van der Waals surface area (Å²) in [7, 11) is 1.76. The number of unbranched alkanes of at least 4 members (excludes halogenated alkanes) is 2. The molecule has 0 saturated carbocycles. The van der Waals surface area contributed by atoms with Crippen LogP contribution in [0.25, 0.3) is 0 Å². The van der Waals surface area contributed by atoms with Crippen molar-refractivity contribution in [1.82, 2.24) is 15.5 Å². The molecule has 1 aliphatic heterocycles. The van der Waals surface area contributed by atoms with E-state index in [1.807, 2.05) is 0 Å². The first-order valence-corrected chi connectivity index (χ1v) is 10.6. The van der Waals surface area contributed by atoms with Crippen molar-refractivity contribution in [2.75, 3.05) is 39.9 Å². The Balaban J connectivity index is 0.00000392. The number of hydrogen-bond acceptors (Lipinski definition) is 3. The van der Waals surface area contributed by atoms with Gasteiger partial charge in [-0.1, -0.05) is 30.7 Å². The summed E-state index contributed by atoms with van der Waals surface area (Å²) in [5.41, 5.74) is 2.67. The van der Waals surface area contributed by atoms with E-state index in [4.69, 9.17) is 9.73 Å². The normalized spacial score (nSPS) is 15.1. The van der Waals surface area contributed by atoms with Gasteiger partial charge in [-0.3, -0.25) is 4.90 Å². The highest BCUT2D eigenvalue weighted by atomic mass is 127. The van der Waals surface area contributed by atoms with E-state index < -0.39 is 0 Å². The number of rotatable bonds is 11. The van der Waals surface area contributed by atoms with E-state index in [0.717, 1.165) is 45.0 Å². The van der Waals surface area contributed by atoms with Gasteiger partial charge in [0.2, 0.25) is 0 Å². The van der Waals surface area contributed by atoms with Crippen LogP contribution in [-0.2, 0) is 17.8 Å². The Bertz CT molecular complexity index is 530. The summed E-state index contributed by atoms with van der Waals surface area (Å²) in [6.45, 7) is 9.06. The van der Waals surface area contributed by atoms with E-state index in [-0.39, 0.29) is 24.0 Å². The lowest BCUT2D eigenvalue weighted by Crippen LogP contribution is -2.37. The standard InChI is InChI=1S/C22H38N4O.HI/c1-3-23-22(24-14-6-4-9-17-27-2)25-18-20-10-12-21(13-11-20)19-26-15-7-5-8-16-26;/h10-13H,3-9,14-19H2,1-2H3,(H2,23,24,25);1H. The molecule has 2 rings (SSSR count).